The SMILES string of the molecule is C/C=C(/CN(C(=O)OC(C)(C)C)[C@@H](C)C(=O)OC)[Si](C)(C)c1ccccc1. The normalized spacial score (nSPS) is 13.7. The second-order valence-electron chi connectivity index (χ2n) is 8.11. The number of hydrogen-bond acceptors (Lipinski definition) is 4. The van der Waals surface area contributed by atoms with Crippen LogP contribution in [-0.2, 0) is 14.3 Å². The fourth-order valence-corrected chi connectivity index (χ4v) is 5.54. The number of nitrogens with zero attached hydrogens (tertiary/aromatic N) is 1. The van der Waals surface area contributed by atoms with Crippen LogP contribution in [-0.4, -0.2) is 50.3 Å². The van der Waals surface area contributed by atoms with E-state index in [2.05, 4.69) is 31.3 Å². The highest BCUT2D eigenvalue weighted by Gasteiger charge is 2.35. The van der Waals surface area contributed by atoms with Gasteiger partial charge in [-0.15, -0.1) is 0 Å². The van der Waals surface area contributed by atoms with E-state index >= 15 is 0 Å². The highest BCUT2D eigenvalue weighted by atomic mass is 28.3. The number of hydrogen-bond donors (Lipinski definition) is 0. The predicted octanol–water partition coefficient (Wildman–Crippen LogP) is 3.89. The van der Waals surface area contributed by atoms with Crippen molar-refractivity contribution in [2.24, 2.45) is 0 Å². The van der Waals surface area contributed by atoms with Gasteiger partial charge in [-0.1, -0.05) is 59.9 Å². The van der Waals surface area contributed by atoms with E-state index < -0.39 is 31.8 Å². The van der Waals surface area contributed by atoms with Gasteiger partial charge in [-0.3, -0.25) is 4.90 Å². The van der Waals surface area contributed by atoms with Gasteiger partial charge in [-0.2, -0.15) is 0 Å². The minimum Gasteiger partial charge on any atom is -0.467 e. The number of carbonyl (C=O) groups is 2. The van der Waals surface area contributed by atoms with E-state index in [9.17, 15) is 9.59 Å². The van der Waals surface area contributed by atoms with Crippen molar-refractivity contribution in [3.8, 4) is 0 Å². The highest BCUT2D eigenvalue weighted by Crippen LogP contribution is 2.20. The van der Waals surface area contributed by atoms with Gasteiger partial charge in [0, 0.05) is 6.54 Å². The Bertz CT molecular complexity index is 677. The van der Waals surface area contributed by atoms with Crippen LogP contribution in [0.4, 0.5) is 4.79 Å². The zero-order valence-electron chi connectivity index (χ0n) is 17.8. The molecule has 0 aromatic heterocycles. The van der Waals surface area contributed by atoms with Gasteiger partial charge >= 0.3 is 12.1 Å². The molecule has 1 atom stereocenters. The molecule has 0 heterocycles. The molecule has 1 aromatic rings. The number of amides is 1. The fraction of sp³-hybridized carbons (Fsp3) is 0.524. The maximum atomic E-state index is 12.8. The van der Waals surface area contributed by atoms with E-state index in [1.165, 1.54) is 17.2 Å². The molecule has 0 spiro atoms. The molecule has 1 aromatic carbocycles. The molecule has 27 heavy (non-hydrogen) atoms. The molecule has 0 aliphatic rings. The van der Waals surface area contributed by atoms with Gasteiger partial charge in [0.2, 0.25) is 0 Å². The molecule has 0 radical (unpaired) electrons. The molecule has 6 heteroatoms. The molecule has 0 fully saturated rings. The summed E-state index contributed by atoms with van der Waals surface area (Å²) in [5, 5.41) is 2.42. The van der Waals surface area contributed by atoms with Crippen molar-refractivity contribution in [2.45, 2.75) is 59.4 Å². The molecule has 0 aliphatic carbocycles. The summed E-state index contributed by atoms with van der Waals surface area (Å²) in [6.45, 7) is 13.9. The summed E-state index contributed by atoms with van der Waals surface area (Å²) in [4.78, 5) is 26.4. The average Bonchev–Trinajstić information content (AvgIpc) is 2.60. The topological polar surface area (TPSA) is 55.8 Å². The summed E-state index contributed by atoms with van der Waals surface area (Å²) in [7, 11) is -0.683. The first-order chi connectivity index (χ1) is 12.4. The summed E-state index contributed by atoms with van der Waals surface area (Å²) < 4.78 is 10.4. The van der Waals surface area contributed by atoms with Gasteiger partial charge in [0.05, 0.1) is 7.11 Å². The lowest BCUT2D eigenvalue weighted by Gasteiger charge is -2.35. The molecule has 0 unspecified atom stereocenters. The molecule has 150 valence electrons. The molecule has 1 rings (SSSR count). The first kappa shape index (κ1) is 23.0. The van der Waals surface area contributed by atoms with Crippen molar-refractivity contribution in [3.63, 3.8) is 0 Å². The first-order valence-electron chi connectivity index (χ1n) is 9.22. The lowest BCUT2D eigenvalue weighted by Crippen LogP contribution is -2.52. The van der Waals surface area contributed by atoms with Crippen LogP contribution in [0.2, 0.25) is 13.1 Å². The Balaban J connectivity index is 3.21. The molecule has 0 N–H and O–H groups in total. The van der Waals surface area contributed by atoms with Gasteiger partial charge in [0.25, 0.3) is 0 Å². The number of methoxy groups -OCH3 is 1. The van der Waals surface area contributed by atoms with Gasteiger partial charge in [0.1, 0.15) is 19.7 Å². The molecule has 0 aliphatic heterocycles. The number of ether oxygens (including phenoxy) is 2. The molecular formula is C21H33NO4Si. The van der Waals surface area contributed by atoms with Crippen LogP contribution in [0.3, 0.4) is 0 Å². The van der Waals surface area contributed by atoms with E-state index in [0.717, 1.165) is 5.20 Å². The largest absolute Gasteiger partial charge is 0.467 e. The maximum absolute atomic E-state index is 12.8. The standard InChI is InChI=1S/C21H33NO4Si/c1-9-17(27(7,8)18-13-11-10-12-14-18)15-22(16(2)19(23)25-6)20(24)26-21(3,4)5/h9-14,16H,15H2,1-8H3/b17-9-/t16-/m0/s1. The van der Waals surface area contributed by atoms with Gasteiger partial charge in [-0.05, 0) is 34.6 Å². The quantitative estimate of drug-likeness (QED) is 0.545. The molecule has 0 saturated heterocycles. The van der Waals surface area contributed by atoms with Crippen molar-refractivity contribution >= 4 is 25.3 Å². The summed E-state index contributed by atoms with van der Waals surface area (Å²) in [6.07, 6.45) is 1.54. The van der Waals surface area contributed by atoms with Crippen molar-refractivity contribution in [1.29, 1.82) is 0 Å². The number of allylic oxidation sites excluding steroid dienone is 1. The molecular weight excluding hydrogens is 358 g/mol. The minimum atomic E-state index is -2.01. The smallest absolute Gasteiger partial charge is 0.411 e. The molecule has 5 nitrogen and oxygen atoms in total. The number of rotatable bonds is 6. The summed E-state index contributed by atoms with van der Waals surface area (Å²) in [5.41, 5.74) is -0.645. The van der Waals surface area contributed by atoms with Crippen molar-refractivity contribution in [1.82, 2.24) is 4.90 Å². The Labute approximate surface area is 164 Å². The van der Waals surface area contributed by atoms with E-state index in [1.807, 2.05) is 45.9 Å². The Morgan fingerprint density at radius 1 is 1.19 bits per heavy atom. The average molecular weight is 392 g/mol. The molecule has 0 bridgehead atoms. The van der Waals surface area contributed by atoms with E-state index in [-0.39, 0.29) is 0 Å². The van der Waals surface area contributed by atoms with Crippen molar-refractivity contribution in [2.75, 3.05) is 13.7 Å². The van der Waals surface area contributed by atoms with Gasteiger partial charge < -0.3 is 9.47 Å². The highest BCUT2D eigenvalue weighted by molar-refractivity contribution is 6.95. The van der Waals surface area contributed by atoms with E-state index in [4.69, 9.17) is 9.47 Å². The van der Waals surface area contributed by atoms with Gasteiger partial charge in [-0.25, -0.2) is 9.59 Å². The van der Waals surface area contributed by atoms with Crippen LogP contribution in [0, 0.1) is 0 Å². The van der Waals surface area contributed by atoms with E-state index in [0.29, 0.717) is 6.54 Å². The zero-order chi connectivity index (χ0) is 20.8. The number of benzene rings is 1. The van der Waals surface area contributed by atoms with Gasteiger partial charge in [0.15, 0.2) is 0 Å². The first-order valence-corrected chi connectivity index (χ1v) is 12.2. The fourth-order valence-electron chi connectivity index (χ4n) is 2.85. The predicted molar refractivity (Wildman–Crippen MR) is 112 cm³/mol. The third-order valence-corrected chi connectivity index (χ3v) is 8.45. The Kier molecular flexibility index (Phi) is 7.84. The van der Waals surface area contributed by atoms with Crippen molar-refractivity contribution in [3.05, 3.63) is 41.6 Å². The molecule has 1 amide bonds. The lowest BCUT2D eigenvalue weighted by molar-refractivity contribution is -0.146. The monoisotopic (exact) mass is 391 g/mol. The maximum Gasteiger partial charge on any atom is 0.411 e. The van der Waals surface area contributed by atoms with Crippen LogP contribution in [0.15, 0.2) is 41.6 Å². The summed E-state index contributed by atoms with van der Waals surface area (Å²) in [5.74, 6) is -0.463. The lowest BCUT2D eigenvalue weighted by atomic mass is 10.2. The van der Waals surface area contributed by atoms with E-state index in [1.54, 1.807) is 6.92 Å². The summed E-state index contributed by atoms with van der Waals surface area (Å²) >= 11 is 0. The van der Waals surface area contributed by atoms with Crippen molar-refractivity contribution < 1.29 is 19.1 Å². The second-order valence-corrected chi connectivity index (χ2v) is 12.6. The zero-order valence-corrected chi connectivity index (χ0v) is 18.8. The van der Waals surface area contributed by atoms with Crippen LogP contribution >= 0.6 is 0 Å². The Morgan fingerprint density at radius 2 is 1.74 bits per heavy atom. The second kappa shape index (κ2) is 9.22. The van der Waals surface area contributed by atoms with Crippen LogP contribution in [0.5, 0.6) is 0 Å². The number of esters is 1. The van der Waals surface area contributed by atoms with Crippen LogP contribution in [0.25, 0.3) is 0 Å². The summed E-state index contributed by atoms with van der Waals surface area (Å²) in [6, 6.07) is 9.56. The Hall–Kier alpha value is -2.08. The number of carbonyl (C=O) groups excluding carboxylic acids is 2. The third kappa shape index (κ3) is 6.24. The Morgan fingerprint density at radius 3 is 2.19 bits per heavy atom. The third-order valence-electron chi connectivity index (χ3n) is 4.63. The molecule has 0 saturated carbocycles. The van der Waals surface area contributed by atoms with Crippen LogP contribution < -0.4 is 5.19 Å². The minimum absolute atomic E-state index is 0.329. The van der Waals surface area contributed by atoms with Crippen LogP contribution in [0.1, 0.15) is 34.6 Å².